The number of rotatable bonds is 6. The number of benzene rings is 1. The molecule has 1 fully saturated rings. The van der Waals surface area contributed by atoms with Crippen LogP contribution in [0.2, 0.25) is 5.02 Å². The Morgan fingerprint density at radius 2 is 2.07 bits per heavy atom. The van der Waals surface area contributed by atoms with Crippen LogP contribution in [0.1, 0.15) is 41.3 Å². The molecule has 0 amide bonds. The maximum absolute atomic E-state index is 13.2. The number of hydrogen-bond donors (Lipinski definition) is 2. The van der Waals surface area contributed by atoms with E-state index < -0.39 is 11.9 Å². The summed E-state index contributed by atoms with van der Waals surface area (Å²) in [6.45, 7) is 0.732. The summed E-state index contributed by atoms with van der Waals surface area (Å²) in [4.78, 5) is 6.44. The predicted octanol–water partition coefficient (Wildman–Crippen LogP) is 2.85. The fourth-order valence-corrected chi connectivity index (χ4v) is 3.65. The van der Waals surface area contributed by atoms with Gasteiger partial charge in [0.2, 0.25) is 5.89 Å². The lowest BCUT2D eigenvalue weighted by atomic mass is 10.1. The lowest BCUT2D eigenvalue weighted by molar-refractivity contribution is 0.160. The molecule has 1 aromatic carbocycles. The van der Waals surface area contributed by atoms with Crippen LogP contribution in [-0.2, 0) is 19.6 Å². The Kier molecular flexibility index (Phi) is 5.45. The fourth-order valence-electron chi connectivity index (χ4n) is 3.41. The molecule has 28 heavy (non-hydrogen) atoms. The number of halogens is 2. The predicted molar refractivity (Wildman–Crippen MR) is 96.9 cm³/mol. The van der Waals surface area contributed by atoms with Gasteiger partial charge in [0.1, 0.15) is 23.9 Å². The van der Waals surface area contributed by atoms with Crippen LogP contribution < -0.4 is 0 Å². The summed E-state index contributed by atoms with van der Waals surface area (Å²) in [7, 11) is 0. The van der Waals surface area contributed by atoms with Crippen molar-refractivity contribution < 1.29 is 23.5 Å². The van der Waals surface area contributed by atoms with Crippen molar-refractivity contribution in [2.24, 2.45) is 0 Å². The first-order valence-corrected chi connectivity index (χ1v) is 9.26. The van der Waals surface area contributed by atoms with E-state index in [0.717, 1.165) is 0 Å². The van der Waals surface area contributed by atoms with Gasteiger partial charge in [0.05, 0.1) is 18.7 Å². The highest BCUT2D eigenvalue weighted by atomic mass is 35.5. The van der Waals surface area contributed by atoms with E-state index in [9.17, 15) is 9.50 Å². The van der Waals surface area contributed by atoms with Crippen LogP contribution in [-0.4, -0.2) is 37.9 Å². The molecule has 7 nitrogen and oxygen atoms in total. The standard InChI is InChI=1S/C19H19ClFN3O4/c20-16-6-12(21)2-1-11(16)5-18-22-19(28-23-18)17-7-13(26)8-24(17)9-14-3-4-15(10-25)27-14/h1-4,6,13,17,25-26H,5,7-10H2/t13-,17+/m1/s1. The van der Waals surface area contributed by atoms with Crippen LogP contribution in [0.4, 0.5) is 4.39 Å². The van der Waals surface area contributed by atoms with Gasteiger partial charge in [0.25, 0.3) is 0 Å². The molecule has 9 heteroatoms. The van der Waals surface area contributed by atoms with Crippen molar-refractivity contribution in [2.75, 3.05) is 6.54 Å². The molecule has 1 aliphatic heterocycles. The van der Waals surface area contributed by atoms with E-state index >= 15 is 0 Å². The second-order valence-electron chi connectivity index (χ2n) is 6.82. The number of furan rings is 1. The Morgan fingerprint density at radius 1 is 1.25 bits per heavy atom. The third kappa shape index (κ3) is 4.10. The third-order valence-corrected chi connectivity index (χ3v) is 5.10. The number of aliphatic hydroxyl groups excluding tert-OH is 2. The van der Waals surface area contributed by atoms with E-state index in [4.69, 9.17) is 25.6 Å². The molecule has 2 atom stereocenters. The molecule has 0 unspecified atom stereocenters. The number of nitrogens with zero attached hydrogens (tertiary/aromatic N) is 3. The van der Waals surface area contributed by atoms with Gasteiger partial charge >= 0.3 is 0 Å². The van der Waals surface area contributed by atoms with Gasteiger partial charge in [-0.3, -0.25) is 4.90 Å². The van der Waals surface area contributed by atoms with Crippen molar-refractivity contribution in [3.05, 3.63) is 70.0 Å². The molecule has 0 bridgehead atoms. The van der Waals surface area contributed by atoms with Crippen molar-refractivity contribution in [3.63, 3.8) is 0 Å². The van der Waals surface area contributed by atoms with E-state index in [1.807, 2.05) is 4.90 Å². The highest BCUT2D eigenvalue weighted by Crippen LogP contribution is 2.33. The minimum absolute atomic E-state index is 0.162. The van der Waals surface area contributed by atoms with Crippen molar-refractivity contribution in [2.45, 2.75) is 38.1 Å². The monoisotopic (exact) mass is 407 g/mol. The molecule has 2 N–H and O–H groups in total. The molecule has 2 aromatic heterocycles. The lowest BCUT2D eigenvalue weighted by Gasteiger charge is -2.19. The van der Waals surface area contributed by atoms with Gasteiger partial charge in [-0.05, 0) is 36.2 Å². The average Bonchev–Trinajstić information content (AvgIpc) is 3.38. The summed E-state index contributed by atoms with van der Waals surface area (Å²) >= 11 is 6.06. The molecule has 3 heterocycles. The van der Waals surface area contributed by atoms with Crippen molar-refractivity contribution in [3.8, 4) is 0 Å². The third-order valence-electron chi connectivity index (χ3n) is 4.75. The van der Waals surface area contributed by atoms with Crippen LogP contribution in [0.15, 0.2) is 39.3 Å². The largest absolute Gasteiger partial charge is 0.462 e. The molecule has 0 saturated carbocycles. The van der Waals surface area contributed by atoms with E-state index in [0.29, 0.717) is 59.8 Å². The minimum atomic E-state index is -0.515. The molecule has 4 rings (SSSR count). The molecule has 3 aromatic rings. The Bertz CT molecular complexity index is 960. The SMILES string of the molecule is OCc1ccc(CN2C[C@H](O)C[C@H]2c2nc(Cc3ccc(F)cc3Cl)no2)o1. The van der Waals surface area contributed by atoms with Gasteiger partial charge in [-0.15, -0.1) is 0 Å². The Labute approximate surface area is 165 Å². The summed E-state index contributed by atoms with van der Waals surface area (Å²) in [6, 6.07) is 7.44. The molecule has 1 aliphatic rings. The van der Waals surface area contributed by atoms with Gasteiger partial charge < -0.3 is 19.2 Å². The van der Waals surface area contributed by atoms with Crippen LogP contribution in [0, 0.1) is 5.82 Å². The van der Waals surface area contributed by atoms with E-state index in [1.54, 1.807) is 18.2 Å². The summed E-state index contributed by atoms with van der Waals surface area (Å²) in [5, 5.41) is 23.5. The van der Waals surface area contributed by atoms with Crippen molar-refractivity contribution >= 4 is 11.6 Å². The Balaban J connectivity index is 1.49. The molecule has 0 radical (unpaired) electrons. The van der Waals surface area contributed by atoms with Gasteiger partial charge in [-0.2, -0.15) is 4.98 Å². The first-order valence-electron chi connectivity index (χ1n) is 8.89. The van der Waals surface area contributed by atoms with Crippen LogP contribution >= 0.6 is 11.6 Å². The minimum Gasteiger partial charge on any atom is -0.462 e. The van der Waals surface area contributed by atoms with Gasteiger partial charge in [0, 0.05) is 18.0 Å². The van der Waals surface area contributed by atoms with Crippen molar-refractivity contribution in [1.82, 2.24) is 15.0 Å². The van der Waals surface area contributed by atoms with Gasteiger partial charge in [-0.1, -0.05) is 22.8 Å². The van der Waals surface area contributed by atoms with Crippen LogP contribution in [0.5, 0.6) is 0 Å². The molecule has 148 valence electrons. The van der Waals surface area contributed by atoms with Crippen LogP contribution in [0.3, 0.4) is 0 Å². The zero-order valence-electron chi connectivity index (χ0n) is 14.9. The first-order chi connectivity index (χ1) is 13.5. The summed E-state index contributed by atoms with van der Waals surface area (Å²) in [5.41, 5.74) is 0.700. The Morgan fingerprint density at radius 3 is 2.82 bits per heavy atom. The molecule has 0 aliphatic carbocycles. The summed E-state index contributed by atoms with van der Waals surface area (Å²) < 4.78 is 24.2. The number of aliphatic hydroxyl groups is 2. The smallest absolute Gasteiger partial charge is 0.244 e. The number of aromatic nitrogens is 2. The lowest BCUT2D eigenvalue weighted by Crippen LogP contribution is -2.24. The maximum Gasteiger partial charge on any atom is 0.244 e. The zero-order valence-corrected chi connectivity index (χ0v) is 15.6. The van der Waals surface area contributed by atoms with Gasteiger partial charge in [-0.25, -0.2) is 4.39 Å². The van der Waals surface area contributed by atoms with Gasteiger partial charge in [0.15, 0.2) is 5.82 Å². The topological polar surface area (TPSA) is 95.8 Å². The van der Waals surface area contributed by atoms with E-state index in [-0.39, 0.29) is 12.6 Å². The molecule has 1 saturated heterocycles. The number of β-amino-alcohol motifs (C(OH)–C–C–N with tert-alkyl or cyclic N) is 1. The highest BCUT2D eigenvalue weighted by molar-refractivity contribution is 6.31. The molecular formula is C19H19ClFN3O4. The summed E-state index contributed by atoms with van der Waals surface area (Å²) in [6.07, 6.45) is 0.266. The number of hydrogen-bond acceptors (Lipinski definition) is 7. The van der Waals surface area contributed by atoms with Crippen molar-refractivity contribution in [1.29, 1.82) is 0 Å². The second kappa shape index (κ2) is 8.00. The van der Waals surface area contributed by atoms with E-state index in [1.165, 1.54) is 12.1 Å². The Hall–Kier alpha value is -2.26. The summed E-state index contributed by atoms with van der Waals surface area (Å²) in [5.74, 6) is 1.60. The average molecular weight is 408 g/mol. The highest BCUT2D eigenvalue weighted by Gasteiger charge is 2.36. The molecule has 0 spiro atoms. The van der Waals surface area contributed by atoms with E-state index in [2.05, 4.69) is 10.1 Å². The fraction of sp³-hybridized carbons (Fsp3) is 0.368. The first kappa shape index (κ1) is 19.1. The maximum atomic E-state index is 13.2. The quantitative estimate of drug-likeness (QED) is 0.648. The molecular weight excluding hydrogens is 389 g/mol. The normalized spacial score (nSPS) is 20.1. The number of likely N-dealkylation sites (tertiary alicyclic amines) is 1. The van der Waals surface area contributed by atoms with Crippen LogP contribution in [0.25, 0.3) is 0 Å². The second-order valence-corrected chi connectivity index (χ2v) is 7.23. The zero-order chi connectivity index (χ0) is 19.7.